The van der Waals surface area contributed by atoms with Gasteiger partial charge in [0.25, 0.3) is 10.0 Å². The summed E-state index contributed by atoms with van der Waals surface area (Å²) >= 11 is 2.18. The summed E-state index contributed by atoms with van der Waals surface area (Å²) in [5.41, 5.74) is 1.99. The molecule has 3 aromatic rings. The lowest BCUT2D eigenvalue weighted by Gasteiger charge is -2.27. The summed E-state index contributed by atoms with van der Waals surface area (Å²) in [7, 11) is -2.38. The van der Waals surface area contributed by atoms with E-state index in [1.54, 1.807) is 18.2 Å². The predicted molar refractivity (Wildman–Crippen MR) is 135 cm³/mol. The molecule has 0 bridgehead atoms. The zero-order valence-electron chi connectivity index (χ0n) is 17.9. The van der Waals surface area contributed by atoms with E-state index in [-0.39, 0.29) is 5.43 Å². The minimum atomic E-state index is -3.84. The van der Waals surface area contributed by atoms with Crippen LogP contribution in [0.3, 0.4) is 0 Å². The van der Waals surface area contributed by atoms with E-state index < -0.39 is 10.0 Å². The van der Waals surface area contributed by atoms with Crippen molar-refractivity contribution in [2.45, 2.75) is 0 Å². The average Bonchev–Trinajstić information content (AvgIpc) is 3.27. The average molecular weight is 507 g/mol. The van der Waals surface area contributed by atoms with Gasteiger partial charge in [0.1, 0.15) is 16.1 Å². The number of ether oxygens (including phenoxy) is 2. The van der Waals surface area contributed by atoms with Gasteiger partial charge >= 0.3 is 0 Å². The van der Waals surface area contributed by atoms with Crippen molar-refractivity contribution in [3.63, 3.8) is 0 Å². The van der Waals surface area contributed by atoms with E-state index in [1.807, 2.05) is 10.3 Å². The van der Waals surface area contributed by atoms with Gasteiger partial charge in [0.05, 0.1) is 20.3 Å². The molecule has 4 rings (SSSR count). The summed E-state index contributed by atoms with van der Waals surface area (Å²) in [6.45, 7) is 9.43. The van der Waals surface area contributed by atoms with Gasteiger partial charge in [0.15, 0.2) is 11.5 Å². The molecule has 1 saturated heterocycles. The van der Waals surface area contributed by atoms with E-state index in [9.17, 15) is 13.2 Å². The van der Waals surface area contributed by atoms with Gasteiger partial charge < -0.3 is 18.8 Å². The SMILES string of the molecule is C=CSN(c1cc(-c2csc3c(=O)cc(N4CCOCC4)oc23)ccc1OC)S(=O)(=O)C=C. The topological polar surface area (TPSA) is 89.3 Å². The van der Waals surface area contributed by atoms with Crippen molar-refractivity contribution in [2.75, 3.05) is 42.0 Å². The van der Waals surface area contributed by atoms with Crippen LogP contribution in [-0.2, 0) is 14.8 Å². The van der Waals surface area contributed by atoms with Gasteiger partial charge in [-0.2, -0.15) is 0 Å². The Morgan fingerprint density at radius 1 is 1.24 bits per heavy atom. The third-order valence-corrected chi connectivity index (χ3v) is 8.53. The van der Waals surface area contributed by atoms with Crippen molar-refractivity contribution in [2.24, 2.45) is 0 Å². The minimum absolute atomic E-state index is 0.124. The van der Waals surface area contributed by atoms with Gasteiger partial charge in [0, 0.05) is 35.5 Å². The molecule has 0 atom stereocenters. The van der Waals surface area contributed by atoms with E-state index in [4.69, 9.17) is 13.9 Å². The number of anilines is 2. The summed E-state index contributed by atoms with van der Waals surface area (Å²) in [4.78, 5) is 14.8. The number of fused-ring (bicyclic) bond motifs is 1. The summed E-state index contributed by atoms with van der Waals surface area (Å²) < 4.78 is 43.8. The molecule has 11 heteroatoms. The van der Waals surface area contributed by atoms with Gasteiger partial charge in [-0.3, -0.25) is 4.79 Å². The Morgan fingerprint density at radius 3 is 2.67 bits per heavy atom. The fraction of sp³-hybridized carbons (Fsp3) is 0.227. The first kappa shape index (κ1) is 23.4. The van der Waals surface area contributed by atoms with E-state index in [1.165, 1.54) is 29.9 Å². The van der Waals surface area contributed by atoms with Crippen LogP contribution in [0.15, 0.2) is 62.8 Å². The fourth-order valence-corrected chi connectivity index (χ4v) is 6.16. The number of nitrogens with zero attached hydrogens (tertiary/aromatic N) is 2. The molecule has 3 heterocycles. The van der Waals surface area contributed by atoms with Crippen LogP contribution in [0.2, 0.25) is 0 Å². The molecule has 1 aliphatic heterocycles. The molecule has 8 nitrogen and oxygen atoms in total. The van der Waals surface area contributed by atoms with Crippen molar-refractivity contribution in [3.8, 4) is 16.9 Å². The Kier molecular flexibility index (Phi) is 6.84. The molecular weight excluding hydrogens is 484 g/mol. The van der Waals surface area contributed by atoms with Gasteiger partial charge in [-0.05, 0) is 35.1 Å². The molecule has 2 aromatic heterocycles. The molecule has 0 N–H and O–H groups in total. The number of hydrogen-bond acceptors (Lipinski definition) is 9. The lowest BCUT2D eigenvalue weighted by atomic mass is 10.1. The first-order valence-corrected chi connectivity index (χ1v) is 13.1. The Labute approximate surface area is 199 Å². The number of morpholine rings is 1. The highest BCUT2D eigenvalue weighted by atomic mass is 32.3. The van der Waals surface area contributed by atoms with Gasteiger partial charge in [-0.25, -0.2) is 12.1 Å². The number of methoxy groups -OCH3 is 1. The van der Waals surface area contributed by atoms with Gasteiger partial charge in [-0.1, -0.05) is 19.2 Å². The van der Waals surface area contributed by atoms with Gasteiger partial charge in [-0.15, -0.1) is 11.3 Å². The molecule has 0 aliphatic carbocycles. The molecule has 0 radical (unpaired) electrons. The fourth-order valence-electron chi connectivity index (χ4n) is 3.46. The van der Waals surface area contributed by atoms with Crippen molar-refractivity contribution < 1.29 is 22.3 Å². The maximum Gasteiger partial charge on any atom is 0.266 e. The van der Waals surface area contributed by atoms with Gasteiger partial charge in [0.2, 0.25) is 5.43 Å². The molecule has 1 aliphatic rings. The third-order valence-electron chi connectivity index (χ3n) is 5.05. The monoisotopic (exact) mass is 506 g/mol. The summed E-state index contributed by atoms with van der Waals surface area (Å²) in [5, 5.41) is 4.10. The Hall–Kier alpha value is -2.73. The van der Waals surface area contributed by atoms with Crippen LogP contribution in [0.5, 0.6) is 5.75 Å². The van der Waals surface area contributed by atoms with Crippen molar-refractivity contribution >= 4 is 55.2 Å². The number of thiophene rings is 1. The van der Waals surface area contributed by atoms with Crippen LogP contribution in [0.25, 0.3) is 21.4 Å². The second-order valence-electron chi connectivity index (χ2n) is 6.95. The number of hydrogen-bond donors (Lipinski definition) is 0. The highest BCUT2D eigenvalue weighted by Crippen LogP contribution is 2.41. The van der Waals surface area contributed by atoms with Crippen molar-refractivity contribution in [1.29, 1.82) is 0 Å². The molecule has 1 aromatic carbocycles. The van der Waals surface area contributed by atoms with Crippen LogP contribution in [0, 0.1) is 0 Å². The Morgan fingerprint density at radius 2 is 2.00 bits per heavy atom. The van der Waals surface area contributed by atoms with Crippen molar-refractivity contribution in [1.82, 2.24) is 0 Å². The number of benzene rings is 1. The second kappa shape index (κ2) is 9.64. The molecule has 1 fully saturated rings. The van der Waals surface area contributed by atoms with Crippen LogP contribution < -0.4 is 18.8 Å². The standard InChI is InChI=1S/C22H22N2O6S3/c1-4-32-24(33(26,27)5-2)17-12-15(6-7-19(17)28-3)16-14-31-22-18(25)13-20(30-21(16)22)23-8-10-29-11-9-23/h4-7,12-14H,1-2,8-11H2,3H3. The maximum atomic E-state index is 12.8. The summed E-state index contributed by atoms with van der Waals surface area (Å²) in [6.07, 6.45) is 0. The maximum absolute atomic E-state index is 12.8. The highest BCUT2D eigenvalue weighted by Gasteiger charge is 2.25. The van der Waals surface area contributed by atoms with E-state index in [0.29, 0.717) is 65.0 Å². The second-order valence-corrected chi connectivity index (χ2v) is 10.7. The lowest BCUT2D eigenvalue weighted by Crippen LogP contribution is -2.36. The van der Waals surface area contributed by atoms with Crippen LogP contribution >= 0.6 is 23.3 Å². The zero-order chi connectivity index (χ0) is 23.6. The molecule has 33 heavy (non-hydrogen) atoms. The molecule has 0 saturated carbocycles. The predicted octanol–water partition coefficient (Wildman–Crippen LogP) is 4.44. The third kappa shape index (κ3) is 4.54. The van der Waals surface area contributed by atoms with Crippen LogP contribution in [0.1, 0.15) is 0 Å². The summed E-state index contributed by atoms with van der Waals surface area (Å²) in [5.74, 6) is 0.843. The lowest BCUT2D eigenvalue weighted by molar-refractivity contribution is 0.121. The minimum Gasteiger partial charge on any atom is -0.495 e. The van der Waals surface area contributed by atoms with E-state index >= 15 is 0 Å². The van der Waals surface area contributed by atoms with E-state index in [0.717, 1.165) is 21.1 Å². The van der Waals surface area contributed by atoms with E-state index in [2.05, 4.69) is 13.2 Å². The smallest absolute Gasteiger partial charge is 0.266 e. The first-order chi connectivity index (χ1) is 15.9. The van der Waals surface area contributed by atoms with Crippen LogP contribution in [-0.4, -0.2) is 41.8 Å². The molecular formula is C22H22N2O6S3. The number of rotatable bonds is 8. The number of sulfonamides is 1. The largest absolute Gasteiger partial charge is 0.495 e. The first-order valence-electron chi connectivity index (χ1n) is 9.91. The summed E-state index contributed by atoms with van der Waals surface area (Å²) in [6, 6.07) is 6.65. The normalized spacial score (nSPS) is 14.3. The zero-order valence-corrected chi connectivity index (χ0v) is 20.3. The molecule has 0 unspecified atom stereocenters. The quantitative estimate of drug-likeness (QED) is 0.415. The molecule has 174 valence electrons. The molecule has 0 amide bonds. The highest BCUT2D eigenvalue weighted by molar-refractivity contribution is 8.17. The van der Waals surface area contributed by atoms with Crippen molar-refractivity contribution in [3.05, 3.63) is 63.8 Å². The molecule has 0 spiro atoms. The Bertz CT molecular complexity index is 1360. The van der Waals surface area contributed by atoms with Crippen LogP contribution in [0.4, 0.5) is 11.6 Å². The Balaban J connectivity index is 1.87.